The van der Waals surface area contributed by atoms with Crippen molar-refractivity contribution in [3.8, 4) is 5.75 Å². The van der Waals surface area contributed by atoms with E-state index in [1.54, 1.807) is 12.1 Å². The molecule has 0 radical (unpaired) electrons. The normalized spacial score (nSPS) is 17.0. The van der Waals surface area contributed by atoms with Gasteiger partial charge in [-0.1, -0.05) is 42.5 Å². The summed E-state index contributed by atoms with van der Waals surface area (Å²) in [5.74, 6) is -1.75. The molecular weight excluding hydrogens is 436 g/mol. The van der Waals surface area contributed by atoms with Gasteiger partial charge in [-0.15, -0.1) is 0 Å². The highest BCUT2D eigenvalue weighted by atomic mass is 16.3. The largest absolute Gasteiger partial charge is 0.508 e. The number of likely N-dealkylation sites (tertiary alicyclic amines) is 1. The number of benzene rings is 2. The number of phenolic OH excluding ortho intramolecular Hbond substituents is 1. The Morgan fingerprint density at radius 3 is 2.21 bits per heavy atom. The number of rotatable bonds is 9. The third-order valence-corrected chi connectivity index (χ3v) is 5.83. The number of carbonyl (C=O) groups is 4. The third-order valence-electron chi connectivity index (χ3n) is 5.83. The van der Waals surface area contributed by atoms with Gasteiger partial charge in [-0.2, -0.15) is 0 Å². The van der Waals surface area contributed by atoms with Crippen molar-refractivity contribution in [1.29, 1.82) is 0 Å². The molecule has 0 aliphatic carbocycles. The lowest BCUT2D eigenvalue weighted by Gasteiger charge is -2.29. The molecule has 5 N–H and O–H groups in total. The average Bonchev–Trinajstić information content (AvgIpc) is 3.29. The molecule has 1 heterocycles. The lowest BCUT2D eigenvalue weighted by Crippen LogP contribution is -2.56. The fourth-order valence-corrected chi connectivity index (χ4v) is 4.16. The molecule has 3 rings (SSSR count). The van der Waals surface area contributed by atoms with Gasteiger partial charge in [0.05, 0.1) is 0 Å². The topological polar surface area (TPSA) is 142 Å². The van der Waals surface area contributed by atoms with E-state index in [2.05, 4.69) is 10.6 Å². The fourth-order valence-electron chi connectivity index (χ4n) is 4.16. The maximum atomic E-state index is 13.4. The summed E-state index contributed by atoms with van der Waals surface area (Å²) in [5, 5.41) is 14.9. The lowest BCUT2D eigenvalue weighted by molar-refractivity contribution is -0.141. The molecule has 3 atom stereocenters. The van der Waals surface area contributed by atoms with Gasteiger partial charge in [-0.3, -0.25) is 19.2 Å². The zero-order chi connectivity index (χ0) is 24.7. The summed E-state index contributed by atoms with van der Waals surface area (Å²) in [4.78, 5) is 51.7. The van der Waals surface area contributed by atoms with Crippen LogP contribution in [0.2, 0.25) is 0 Å². The Kier molecular flexibility index (Phi) is 8.24. The zero-order valence-corrected chi connectivity index (χ0v) is 19.1. The van der Waals surface area contributed by atoms with Gasteiger partial charge in [0.25, 0.3) is 0 Å². The van der Waals surface area contributed by atoms with Crippen molar-refractivity contribution in [2.45, 2.75) is 50.7 Å². The number of nitrogens with two attached hydrogens (primary N) is 1. The molecule has 1 saturated heterocycles. The minimum absolute atomic E-state index is 0.0990. The number of hydrogen-bond donors (Lipinski definition) is 4. The van der Waals surface area contributed by atoms with Crippen molar-refractivity contribution in [3.63, 3.8) is 0 Å². The molecule has 9 heteroatoms. The van der Waals surface area contributed by atoms with E-state index in [9.17, 15) is 24.3 Å². The first kappa shape index (κ1) is 24.8. The molecule has 1 aliphatic heterocycles. The van der Waals surface area contributed by atoms with Crippen molar-refractivity contribution < 1.29 is 24.3 Å². The second kappa shape index (κ2) is 11.3. The number of amides is 4. The van der Waals surface area contributed by atoms with E-state index in [1.807, 2.05) is 30.3 Å². The van der Waals surface area contributed by atoms with Crippen molar-refractivity contribution >= 4 is 23.6 Å². The fraction of sp³-hybridized carbons (Fsp3) is 0.360. The predicted octanol–water partition coefficient (Wildman–Crippen LogP) is 0.643. The van der Waals surface area contributed by atoms with Crippen LogP contribution >= 0.6 is 0 Å². The smallest absolute Gasteiger partial charge is 0.246 e. The first-order valence-electron chi connectivity index (χ1n) is 11.2. The molecule has 9 nitrogen and oxygen atoms in total. The SMILES string of the molecule is CC(=O)NC(Cc1ccc(O)cc1)C(=O)N1CCCC1C(=O)NC(Cc1ccccc1)C(N)=O. The molecule has 1 fully saturated rings. The van der Waals surface area contributed by atoms with Crippen LogP contribution in [0.3, 0.4) is 0 Å². The number of primary amides is 1. The van der Waals surface area contributed by atoms with E-state index in [4.69, 9.17) is 5.73 Å². The van der Waals surface area contributed by atoms with E-state index >= 15 is 0 Å². The minimum Gasteiger partial charge on any atom is -0.508 e. The highest BCUT2D eigenvalue weighted by Gasteiger charge is 2.38. The minimum atomic E-state index is -0.907. The van der Waals surface area contributed by atoms with Gasteiger partial charge in [0, 0.05) is 26.3 Å². The Morgan fingerprint density at radius 1 is 0.971 bits per heavy atom. The van der Waals surface area contributed by atoms with Gasteiger partial charge in [0.15, 0.2) is 0 Å². The van der Waals surface area contributed by atoms with Crippen molar-refractivity contribution in [2.75, 3.05) is 6.54 Å². The molecule has 0 aromatic heterocycles. The number of carbonyl (C=O) groups excluding carboxylic acids is 4. The highest BCUT2D eigenvalue weighted by molar-refractivity contribution is 5.94. The maximum absolute atomic E-state index is 13.4. The number of aromatic hydroxyl groups is 1. The Hall–Kier alpha value is -3.88. The Bertz CT molecular complexity index is 1030. The first-order chi connectivity index (χ1) is 16.2. The van der Waals surface area contributed by atoms with Gasteiger partial charge in [0.1, 0.15) is 23.9 Å². The summed E-state index contributed by atoms with van der Waals surface area (Å²) in [7, 11) is 0. The number of nitrogens with zero attached hydrogens (tertiary/aromatic N) is 1. The Balaban J connectivity index is 1.72. The summed E-state index contributed by atoms with van der Waals surface area (Å²) >= 11 is 0. The predicted molar refractivity (Wildman–Crippen MR) is 125 cm³/mol. The first-order valence-corrected chi connectivity index (χ1v) is 11.2. The summed E-state index contributed by atoms with van der Waals surface area (Å²) in [5.41, 5.74) is 7.13. The molecule has 34 heavy (non-hydrogen) atoms. The van der Waals surface area contributed by atoms with Crippen LogP contribution in [0.5, 0.6) is 5.75 Å². The average molecular weight is 467 g/mol. The molecule has 3 unspecified atom stereocenters. The molecule has 4 amide bonds. The summed E-state index contributed by atoms with van der Waals surface area (Å²) in [6.45, 7) is 1.69. The molecule has 180 valence electrons. The number of nitrogens with one attached hydrogen (secondary N) is 2. The van der Waals surface area contributed by atoms with Crippen LogP contribution in [0.4, 0.5) is 0 Å². The summed E-state index contributed by atoms with van der Waals surface area (Å²) in [6, 6.07) is 13.0. The van der Waals surface area contributed by atoms with E-state index in [0.717, 1.165) is 11.1 Å². The number of phenols is 1. The molecule has 0 saturated carbocycles. The van der Waals surface area contributed by atoms with E-state index in [0.29, 0.717) is 19.4 Å². The van der Waals surface area contributed by atoms with Crippen molar-refractivity contribution in [1.82, 2.24) is 15.5 Å². The lowest BCUT2D eigenvalue weighted by atomic mass is 10.0. The molecule has 0 spiro atoms. The van der Waals surface area contributed by atoms with Crippen LogP contribution in [0.15, 0.2) is 54.6 Å². The van der Waals surface area contributed by atoms with Crippen molar-refractivity contribution in [3.05, 3.63) is 65.7 Å². The molecule has 2 aromatic carbocycles. The monoisotopic (exact) mass is 466 g/mol. The van der Waals surface area contributed by atoms with E-state index < -0.39 is 29.9 Å². The van der Waals surface area contributed by atoms with Crippen LogP contribution in [-0.4, -0.2) is 58.3 Å². The van der Waals surface area contributed by atoms with Gasteiger partial charge in [-0.25, -0.2) is 0 Å². The standard InChI is InChI=1S/C25H30N4O5/c1-16(30)27-21(15-18-9-11-19(31)12-10-18)25(34)29-13-5-8-22(29)24(33)28-20(23(26)32)14-17-6-3-2-4-7-17/h2-4,6-7,9-12,20-22,31H,5,8,13-15H2,1H3,(H2,26,32)(H,27,30)(H,28,33). The second-order valence-corrected chi connectivity index (χ2v) is 8.47. The quantitative estimate of drug-likeness (QED) is 0.429. The molecule has 0 bridgehead atoms. The summed E-state index contributed by atoms with van der Waals surface area (Å²) < 4.78 is 0. The van der Waals surface area contributed by atoms with E-state index in [1.165, 1.54) is 24.0 Å². The van der Waals surface area contributed by atoms with Crippen molar-refractivity contribution in [2.24, 2.45) is 5.73 Å². The van der Waals surface area contributed by atoms with Crippen LogP contribution in [0.25, 0.3) is 0 Å². The maximum Gasteiger partial charge on any atom is 0.246 e. The molecule has 1 aliphatic rings. The Morgan fingerprint density at radius 2 is 1.59 bits per heavy atom. The third kappa shape index (κ3) is 6.57. The van der Waals surface area contributed by atoms with Crippen LogP contribution < -0.4 is 16.4 Å². The van der Waals surface area contributed by atoms with Crippen LogP contribution in [-0.2, 0) is 32.0 Å². The van der Waals surface area contributed by atoms with Crippen LogP contribution in [0.1, 0.15) is 30.9 Å². The van der Waals surface area contributed by atoms with E-state index in [-0.39, 0.29) is 30.4 Å². The molecular formula is C25H30N4O5. The van der Waals surface area contributed by atoms with Gasteiger partial charge >= 0.3 is 0 Å². The number of hydrogen-bond acceptors (Lipinski definition) is 5. The van der Waals surface area contributed by atoms with Gasteiger partial charge in [0.2, 0.25) is 23.6 Å². The second-order valence-electron chi connectivity index (χ2n) is 8.47. The molecule has 2 aromatic rings. The van der Waals surface area contributed by atoms with Gasteiger partial charge < -0.3 is 26.4 Å². The Labute approximate surface area is 198 Å². The van der Waals surface area contributed by atoms with Gasteiger partial charge in [-0.05, 0) is 36.1 Å². The van der Waals surface area contributed by atoms with Crippen LogP contribution in [0, 0.1) is 0 Å². The zero-order valence-electron chi connectivity index (χ0n) is 19.1. The highest BCUT2D eigenvalue weighted by Crippen LogP contribution is 2.21. The summed E-state index contributed by atoms with van der Waals surface area (Å²) in [6.07, 6.45) is 1.52.